The minimum absolute atomic E-state index is 0.362. The number of rotatable bonds is 2. The first kappa shape index (κ1) is 11.5. The first-order valence-electron chi connectivity index (χ1n) is 6.42. The first-order chi connectivity index (χ1) is 8.75. The highest BCUT2D eigenvalue weighted by atomic mass is 16.5. The Hall–Kier alpha value is -1.62. The maximum atomic E-state index is 5.41. The lowest BCUT2D eigenvalue weighted by atomic mass is 10.00. The molecule has 1 fully saturated rings. The molecule has 0 aromatic carbocycles. The van der Waals surface area contributed by atoms with Crippen molar-refractivity contribution in [3.63, 3.8) is 0 Å². The van der Waals surface area contributed by atoms with Gasteiger partial charge in [-0.3, -0.25) is 0 Å². The summed E-state index contributed by atoms with van der Waals surface area (Å²) in [6.45, 7) is 4.10. The van der Waals surface area contributed by atoms with Crippen LogP contribution >= 0.6 is 0 Å². The van der Waals surface area contributed by atoms with Gasteiger partial charge in [-0.05, 0) is 38.4 Å². The van der Waals surface area contributed by atoms with E-state index in [1.54, 1.807) is 0 Å². The topological polar surface area (TPSA) is 55.9 Å². The lowest BCUT2D eigenvalue weighted by molar-refractivity contribution is 0.322. The zero-order valence-electron chi connectivity index (χ0n) is 10.8. The maximum absolute atomic E-state index is 5.41. The monoisotopic (exact) mass is 246 g/mol. The highest BCUT2D eigenvalue weighted by molar-refractivity contribution is 5.50. The molecule has 0 saturated carbocycles. The van der Waals surface area contributed by atoms with E-state index < -0.39 is 0 Å². The predicted molar refractivity (Wildman–Crippen MR) is 68.3 cm³/mol. The van der Waals surface area contributed by atoms with Gasteiger partial charge in [0.15, 0.2) is 0 Å². The Morgan fingerprint density at radius 3 is 3.00 bits per heavy atom. The standard InChI is InChI=1S/C13H18N4O/c1-9-5-6-11(17(9)2)12-15-13(18-16-12)10-4-3-7-14-8-10/h5-6,10,14H,3-4,7-8H2,1-2H3. The van der Waals surface area contributed by atoms with E-state index >= 15 is 0 Å². The number of nitrogens with zero attached hydrogens (tertiary/aromatic N) is 3. The van der Waals surface area contributed by atoms with Crippen molar-refractivity contribution in [2.75, 3.05) is 13.1 Å². The molecule has 0 amide bonds. The normalized spacial score (nSPS) is 20.2. The van der Waals surface area contributed by atoms with Crippen LogP contribution in [0.2, 0.25) is 0 Å². The van der Waals surface area contributed by atoms with Crippen LogP contribution < -0.4 is 5.32 Å². The van der Waals surface area contributed by atoms with E-state index in [9.17, 15) is 0 Å². The summed E-state index contributed by atoms with van der Waals surface area (Å²) in [5.74, 6) is 1.81. The fourth-order valence-corrected chi connectivity index (χ4v) is 2.41. The molecule has 1 N–H and O–H groups in total. The largest absolute Gasteiger partial charge is 0.345 e. The lowest BCUT2D eigenvalue weighted by Gasteiger charge is -2.18. The molecular weight excluding hydrogens is 228 g/mol. The van der Waals surface area contributed by atoms with Crippen molar-refractivity contribution >= 4 is 0 Å². The fourth-order valence-electron chi connectivity index (χ4n) is 2.41. The van der Waals surface area contributed by atoms with E-state index in [0.717, 1.165) is 31.1 Å². The quantitative estimate of drug-likeness (QED) is 0.878. The third kappa shape index (κ3) is 1.95. The van der Waals surface area contributed by atoms with E-state index in [4.69, 9.17) is 4.52 Å². The van der Waals surface area contributed by atoms with Crippen LogP contribution in [0.4, 0.5) is 0 Å². The van der Waals surface area contributed by atoms with E-state index in [0.29, 0.717) is 11.7 Å². The van der Waals surface area contributed by atoms with Crippen LogP contribution in [0.1, 0.15) is 30.3 Å². The molecule has 0 radical (unpaired) electrons. The Labute approximate surface area is 106 Å². The van der Waals surface area contributed by atoms with Gasteiger partial charge in [0.2, 0.25) is 11.7 Å². The van der Waals surface area contributed by atoms with E-state index in [1.165, 1.54) is 12.1 Å². The summed E-state index contributed by atoms with van der Waals surface area (Å²) in [5.41, 5.74) is 2.20. The third-order valence-electron chi connectivity index (χ3n) is 3.69. The van der Waals surface area contributed by atoms with Crippen molar-refractivity contribution < 1.29 is 4.52 Å². The van der Waals surface area contributed by atoms with Gasteiger partial charge in [-0.15, -0.1) is 0 Å². The van der Waals surface area contributed by atoms with Gasteiger partial charge in [0.05, 0.1) is 11.6 Å². The second-order valence-corrected chi connectivity index (χ2v) is 4.92. The fraction of sp³-hybridized carbons (Fsp3) is 0.538. The molecule has 0 aliphatic carbocycles. The van der Waals surface area contributed by atoms with Crippen LogP contribution in [-0.2, 0) is 7.05 Å². The van der Waals surface area contributed by atoms with Crippen molar-refractivity contribution in [1.29, 1.82) is 0 Å². The molecule has 3 heterocycles. The van der Waals surface area contributed by atoms with E-state index in [1.807, 2.05) is 13.1 Å². The molecule has 1 unspecified atom stereocenters. The summed E-state index contributed by atoms with van der Waals surface area (Å²) in [6.07, 6.45) is 2.30. The molecule has 1 aliphatic heterocycles. The summed E-state index contributed by atoms with van der Waals surface area (Å²) in [7, 11) is 2.02. The molecule has 96 valence electrons. The van der Waals surface area contributed by atoms with Crippen molar-refractivity contribution in [3.8, 4) is 11.5 Å². The van der Waals surface area contributed by atoms with Crippen LogP contribution in [0, 0.1) is 6.92 Å². The average molecular weight is 246 g/mol. The number of hydrogen-bond acceptors (Lipinski definition) is 4. The van der Waals surface area contributed by atoms with Crippen LogP contribution in [0.3, 0.4) is 0 Å². The maximum Gasteiger partial charge on any atom is 0.231 e. The van der Waals surface area contributed by atoms with E-state index in [2.05, 4.69) is 33.0 Å². The van der Waals surface area contributed by atoms with Gasteiger partial charge < -0.3 is 14.4 Å². The molecule has 1 atom stereocenters. The van der Waals surface area contributed by atoms with Gasteiger partial charge >= 0.3 is 0 Å². The van der Waals surface area contributed by atoms with Gasteiger partial charge in [0.25, 0.3) is 0 Å². The van der Waals surface area contributed by atoms with Crippen LogP contribution in [0.25, 0.3) is 11.5 Å². The number of aromatic nitrogens is 3. The molecular formula is C13H18N4O. The zero-order valence-corrected chi connectivity index (χ0v) is 10.8. The molecule has 5 heteroatoms. The Balaban J connectivity index is 1.87. The molecule has 18 heavy (non-hydrogen) atoms. The minimum Gasteiger partial charge on any atom is -0.345 e. The highest BCUT2D eigenvalue weighted by Gasteiger charge is 2.22. The second-order valence-electron chi connectivity index (χ2n) is 4.92. The summed E-state index contributed by atoms with van der Waals surface area (Å²) in [6, 6.07) is 4.09. The molecule has 0 spiro atoms. The van der Waals surface area contributed by atoms with Crippen molar-refractivity contribution in [2.45, 2.75) is 25.7 Å². The summed E-state index contributed by atoms with van der Waals surface area (Å²) in [5, 5.41) is 7.47. The Morgan fingerprint density at radius 2 is 2.33 bits per heavy atom. The van der Waals surface area contributed by atoms with Gasteiger partial charge in [-0.2, -0.15) is 4.98 Å². The van der Waals surface area contributed by atoms with Gasteiger partial charge in [0.1, 0.15) is 0 Å². The third-order valence-corrected chi connectivity index (χ3v) is 3.69. The van der Waals surface area contributed by atoms with Crippen LogP contribution in [-0.4, -0.2) is 27.8 Å². The molecule has 2 aromatic rings. The average Bonchev–Trinajstić information content (AvgIpc) is 3.00. The van der Waals surface area contributed by atoms with Crippen molar-refractivity contribution in [3.05, 3.63) is 23.7 Å². The second kappa shape index (κ2) is 4.57. The Bertz CT molecular complexity index is 537. The Morgan fingerprint density at radius 1 is 1.44 bits per heavy atom. The first-order valence-corrected chi connectivity index (χ1v) is 6.42. The lowest BCUT2D eigenvalue weighted by Crippen LogP contribution is -2.28. The predicted octanol–water partition coefficient (Wildman–Crippen LogP) is 1.85. The summed E-state index contributed by atoms with van der Waals surface area (Å²) < 4.78 is 7.49. The Kier molecular flexibility index (Phi) is 2.91. The minimum atomic E-state index is 0.362. The van der Waals surface area contributed by atoms with Crippen LogP contribution in [0.5, 0.6) is 0 Å². The zero-order chi connectivity index (χ0) is 12.5. The molecule has 1 saturated heterocycles. The van der Waals surface area contributed by atoms with Crippen molar-refractivity contribution in [1.82, 2.24) is 20.0 Å². The van der Waals surface area contributed by atoms with Gasteiger partial charge in [0, 0.05) is 19.3 Å². The number of piperidine rings is 1. The molecule has 5 nitrogen and oxygen atoms in total. The number of aryl methyl sites for hydroxylation is 1. The number of nitrogens with one attached hydrogen (secondary N) is 1. The summed E-state index contributed by atoms with van der Waals surface area (Å²) in [4.78, 5) is 4.54. The molecule has 0 bridgehead atoms. The van der Waals surface area contributed by atoms with E-state index in [-0.39, 0.29) is 0 Å². The molecule has 1 aliphatic rings. The van der Waals surface area contributed by atoms with Gasteiger partial charge in [-0.1, -0.05) is 5.16 Å². The van der Waals surface area contributed by atoms with Crippen LogP contribution in [0.15, 0.2) is 16.7 Å². The number of hydrogen-bond donors (Lipinski definition) is 1. The SMILES string of the molecule is Cc1ccc(-c2noc(C3CCCNC3)n2)n1C. The summed E-state index contributed by atoms with van der Waals surface area (Å²) >= 11 is 0. The molecule has 2 aromatic heterocycles. The molecule has 3 rings (SSSR count). The van der Waals surface area contributed by atoms with Gasteiger partial charge in [-0.25, -0.2) is 0 Å². The smallest absolute Gasteiger partial charge is 0.231 e. The van der Waals surface area contributed by atoms with Crippen molar-refractivity contribution in [2.24, 2.45) is 7.05 Å². The highest BCUT2D eigenvalue weighted by Crippen LogP contribution is 2.25.